The van der Waals surface area contributed by atoms with Gasteiger partial charge in [-0.1, -0.05) is 28.1 Å². The normalized spacial score (nSPS) is 13.9. The first kappa shape index (κ1) is 12.5. The van der Waals surface area contributed by atoms with Crippen LogP contribution in [0.25, 0.3) is 0 Å². The Balaban J connectivity index is 2.51. The Kier molecular flexibility index (Phi) is 4.16. The number of alkyl halides is 3. The van der Waals surface area contributed by atoms with Gasteiger partial charge < -0.3 is 5.73 Å². The van der Waals surface area contributed by atoms with Crippen LogP contribution >= 0.6 is 15.9 Å². The molecule has 1 rings (SSSR count). The first-order valence-corrected chi connectivity index (χ1v) is 5.25. The van der Waals surface area contributed by atoms with E-state index < -0.39 is 12.2 Å². The van der Waals surface area contributed by atoms with Crippen LogP contribution in [0.1, 0.15) is 12.0 Å². The third-order valence-electron chi connectivity index (χ3n) is 2.05. The minimum atomic E-state index is -4.30. The first-order valence-electron chi connectivity index (χ1n) is 4.46. The quantitative estimate of drug-likeness (QED) is 0.904. The molecule has 0 aromatic heterocycles. The Morgan fingerprint density at radius 1 is 1.33 bits per heavy atom. The van der Waals surface area contributed by atoms with Crippen molar-refractivity contribution in [1.82, 2.24) is 0 Å². The summed E-state index contributed by atoms with van der Waals surface area (Å²) >= 11 is 3.26. The maximum absolute atomic E-state index is 12.1. The largest absolute Gasteiger partial charge is 0.403 e. The summed E-state index contributed by atoms with van der Waals surface area (Å²) in [6.07, 6.45) is -4.05. The second-order valence-electron chi connectivity index (χ2n) is 3.32. The Morgan fingerprint density at radius 2 is 2.00 bits per heavy atom. The van der Waals surface area contributed by atoms with Crippen molar-refractivity contribution in [2.24, 2.45) is 5.73 Å². The number of rotatable bonds is 3. The lowest BCUT2D eigenvalue weighted by atomic mass is 10.1. The van der Waals surface area contributed by atoms with E-state index in [4.69, 9.17) is 5.73 Å². The van der Waals surface area contributed by atoms with Crippen LogP contribution in [0, 0.1) is 0 Å². The molecule has 0 aliphatic carbocycles. The summed E-state index contributed by atoms with van der Waals surface area (Å²) in [5, 5.41) is 0. The molecule has 1 aromatic carbocycles. The molecule has 2 N–H and O–H groups in total. The van der Waals surface area contributed by atoms with Gasteiger partial charge in [0.1, 0.15) is 6.04 Å². The molecule has 0 radical (unpaired) electrons. The SMILES string of the molecule is N[C@@H](CCc1cccc(Br)c1)C(F)(F)F. The molecule has 0 saturated carbocycles. The number of halogens is 4. The van der Waals surface area contributed by atoms with Crippen molar-refractivity contribution in [3.05, 3.63) is 34.3 Å². The van der Waals surface area contributed by atoms with Crippen LogP contribution < -0.4 is 5.73 Å². The zero-order chi connectivity index (χ0) is 11.5. The summed E-state index contributed by atoms with van der Waals surface area (Å²) in [5.74, 6) is 0. The molecule has 0 aliphatic rings. The van der Waals surface area contributed by atoms with Crippen LogP contribution in [-0.2, 0) is 6.42 Å². The Bertz CT molecular complexity index is 325. The van der Waals surface area contributed by atoms with Crippen molar-refractivity contribution in [2.45, 2.75) is 25.1 Å². The fourth-order valence-corrected chi connectivity index (χ4v) is 1.62. The van der Waals surface area contributed by atoms with E-state index in [9.17, 15) is 13.2 Å². The molecule has 0 fully saturated rings. The molecular weight excluding hydrogens is 271 g/mol. The standard InChI is InChI=1S/C10H11BrF3N/c11-8-3-1-2-7(6-8)4-5-9(15)10(12,13)14/h1-3,6,9H,4-5,15H2/t9-/m0/s1. The number of aryl methyl sites for hydroxylation is 1. The van der Waals surface area contributed by atoms with E-state index in [1.54, 1.807) is 18.2 Å². The number of hydrogen-bond donors (Lipinski definition) is 1. The fourth-order valence-electron chi connectivity index (χ4n) is 1.18. The lowest BCUT2D eigenvalue weighted by Gasteiger charge is -2.15. The van der Waals surface area contributed by atoms with E-state index in [1.165, 1.54) is 0 Å². The second kappa shape index (κ2) is 4.99. The molecule has 1 aromatic rings. The maximum atomic E-state index is 12.1. The summed E-state index contributed by atoms with van der Waals surface area (Å²) in [7, 11) is 0. The van der Waals surface area contributed by atoms with Gasteiger partial charge in [0.05, 0.1) is 0 Å². The van der Waals surface area contributed by atoms with Crippen LogP contribution in [0.4, 0.5) is 13.2 Å². The zero-order valence-electron chi connectivity index (χ0n) is 7.89. The van der Waals surface area contributed by atoms with E-state index in [2.05, 4.69) is 15.9 Å². The fraction of sp³-hybridized carbons (Fsp3) is 0.400. The smallest absolute Gasteiger partial charge is 0.320 e. The molecular formula is C10H11BrF3N. The molecule has 0 aliphatic heterocycles. The average Bonchev–Trinajstić information content (AvgIpc) is 2.12. The zero-order valence-corrected chi connectivity index (χ0v) is 9.48. The molecule has 0 unspecified atom stereocenters. The van der Waals surface area contributed by atoms with Gasteiger partial charge in [-0.15, -0.1) is 0 Å². The number of nitrogens with two attached hydrogens (primary N) is 1. The van der Waals surface area contributed by atoms with Gasteiger partial charge >= 0.3 is 6.18 Å². The summed E-state index contributed by atoms with van der Waals surface area (Å²) in [4.78, 5) is 0. The van der Waals surface area contributed by atoms with Gasteiger partial charge in [0.2, 0.25) is 0 Å². The molecule has 0 spiro atoms. The topological polar surface area (TPSA) is 26.0 Å². The highest BCUT2D eigenvalue weighted by Gasteiger charge is 2.35. The van der Waals surface area contributed by atoms with Crippen molar-refractivity contribution >= 4 is 15.9 Å². The van der Waals surface area contributed by atoms with Crippen LogP contribution in [0.15, 0.2) is 28.7 Å². The number of hydrogen-bond acceptors (Lipinski definition) is 1. The maximum Gasteiger partial charge on any atom is 0.403 e. The summed E-state index contributed by atoms with van der Waals surface area (Å²) in [6.45, 7) is 0. The molecule has 0 saturated heterocycles. The predicted octanol–water partition coefficient (Wildman–Crippen LogP) is 3.27. The van der Waals surface area contributed by atoms with Gasteiger partial charge in [-0.3, -0.25) is 0 Å². The van der Waals surface area contributed by atoms with Crippen molar-refractivity contribution in [3.8, 4) is 0 Å². The van der Waals surface area contributed by atoms with Gasteiger partial charge in [0.25, 0.3) is 0 Å². The Hall–Kier alpha value is -0.550. The molecule has 0 bridgehead atoms. The lowest BCUT2D eigenvalue weighted by Crippen LogP contribution is -2.37. The van der Waals surface area contributed by atoms with Gasteiger partial charge in [-0.25, -0.2) is 0 Å². The highest BCUT2D eigenvalue weighted by atomic mass is 79.9. The van der Waals surface area contributed by atoms with Gasteiger partial charge in [-0.05, 0) is 30.5 Å². The van der Waals surface area contributed by atoms with E-state index >= 15 is 0 Å². The van der Waals surface area contributed by atoms with Crippen molar-refractivity contribution in [2.75, 3.05) is 0 Å². The van der Waals surface area contributed by atoms with Crippen LogP contribution in [0.5, 0.6) is 0 Å². The van der Waals surface area contributed by atoms with Gasteiger partial charge in [-0.2, -0.15) is 13.2 Å². The Morgan fingerprint density at radius 3 is 2.53 bits per heavy atom. The predicted molar refractivity (Wildman–Crippen MR) is 56.5 cm³/mol. The average molecular weight is 282 g/mol. The second-order valence-corrected chi connectivity index (χ2v) is 4.23. The van der Waals surface area contributed by atoms with E-state index in [-0.39, 0.29) is 6.42 Å². The van der Waals surface area contributed by atoms with Crippen molar-refractivity contribution in [1.29, 1.82) is 0 Å². The van der Waals surface area contributed by atoms with E-state index in [1.807, 2.05) is 6.07 Å². The highest BCUT2D eigenvalue weighted by molar-refractivity contribution is 9.10. The third kappa shape index (κ3) is 4.22. The molecule has 5 heteroatoms. The first-order chi connectivity index (χ1) is 6.89. The monoisotopic (exact) mass is 281 g/mol. The van der Waals surface area contributed by atoms with Gasteiger partial charge in [0.15, 0.2) is 0 Å². The number of benzene rings is 1. The summed E-state index contributed by atoms with van der Waals surface area (Å²) in [5.41, 5.74) is 5.85. The van der Waals surface area contributed by atoms with Crippen molar-refractivity contribution in [3.63, 3.8) is 0 Å². The minimum absolute atomic E-state index is 0.0834. The van der Waals surface area contributed by atoms with Crippen LogP contribution in [0.3, 0.4) is 0 Å². The molecule has 0 heterocycles. The lowest BCUT2D eigenvalue weighted by molar-refractivity contribution is -0.148. The Labute approximate surface area is 94.6 Å². The van der Waals surface area contributed by atoms with Gasteiger partial charge in [0, 0.05) is 4.47 Å². The van der Waals surface area contributed by atoms with Crippen molar-refractivity contribution < 1.29 is 13.2 Å². The minimum Gasteiger partial charge on any atom is -0.320 e. The van der Waals surface area contributed by atoms with E-state index in [0.717, 1.165) is 10.0 Å². The summed E-state index contributed by atoms with van der Waals surface area (Å²) in [6, 6.07) is 5.46. The third-order valence-corrected chi connectivity index (χ3v) is 2.55. The molecule has 0 amide bonds. The van der Waals surface area contributed by atoms with E-state index in [0.29, 0.717) is 6.42 Å². The molecule has 1 atom stereocenters. The summed E-state index contributed by atoms with van der Waals surface area (Å²) < 4.78 is 37.2. The molecule has 15 heavy (non-hydrogen) atoms. The molecule has 84 valence electrons. The van der Waals surface area contributed by atoms with Crippen LogP contribution in [0.2, 0.25) is 0 Å². The van der Waals surface area contributed by atoms with Crippen LogP contribution in [-0.4, -0.2) is 12.2 Å². The highest BCUT2D eigenvalue weighted by Crippen LogP contribution is 2.22. The molecule has 1 nitrogen and oxygen atoms in total.